The lowest BCUT2D eigenvalue weighted by atomic mass is 10.1. The highest BCUT2D eigenvalue weighted by atomic mass is 16.5. The molecule has 0 bridgehead atoms. The maximum atomic E-state index is 9.49. The zero-order chi connectivity index (χ0) is 10.6. The second-order valence-electron chi connectivity index (χ2n) is 3.32. The van der Waals surface area contributed by atoms with Crippen molar-refractivity contribution in [2.75, 3.05) is 6.61 Å². The summed E-state index contributed by atoms with van der Waals surface area (Å²) in [5.41, 5.74) is 1.94. The molecular formula is C12H16O2. The SMILES string of the molecule is C=CCOc1cc(C)ccc1C(C)O. The molecule has 2 heteroatoms. The average molecular weight is 192 g/mol. The summed E-state index contributed by atoms with van der Waals surface area (Å²) in [6.45, 7) is 7.77. The highest BCUT2D eigenvalue weighted by molar-refractivity contribution is 5.38. The zero-order valence-corrected chi connectivity index (χ0v) is 8.66. The number of ether oxygens (including phenoxy) is 1. The van der Waals surface area contributed by atoms with Crippen LogP contribution in [0.2, 0.25) is 0 Å². The van der Waals surface area contributed by atoms with Crippen LogP contribution >= 0.6 is 0 Å². The minimum atomic E-state index is -0.504. The van der Waals surface area contributed by atoms with Gasteiger partial charge in [0.05, 0.1) is 6.10 Å². The predicted octanol–water partition coefficient (Wildman–Crippen LogP) is 2.61. The molecule has 0 fully saturated rings. The van der Waals surface area contributed by atoms with Crippen LogP contribution in [0.5, 0.6) is 5.75 Å². The van der Waals surface area contributed by atoms with Gasteiger partial charge in [0, 0.05) is 5.56 Å². The van der Waals surface area contributed by atoms with Gasteiger partial charge in [0.1, 0.15) is 12.4 Å². The van der Waals surface area contributed by atoms with Crippen LogP contribution in [0.4, 0.5) is 0 Å². The Hall–Kier alpha value is -1.28. The van der Waals surface area contributed by atoms with Crippen molar-refractivity contribution in [3.63, 3.8) is 0 Å². The molecule has 1 atom stereocenters. The molecule has 2 nitrogen and oxygen atoms in total. The summed E-state index contributed by atoms with van der Waals surface area (Å²) in [5, 5.41) is 9.49. The number of aliphatic hydroxyl groups excluding tert-OH is 1. The van der Waals surface area contributed by atoms with Gasteiger partial charge in [-0.25, -0.2) is 0 Å². The van der Waals surface area contributed by atoms with Gasteiger partial charge in [0.15, 0.2) is 0 Å². The van der Waals surface area contributed by atoms with E-state index in [2.05, 4.69) is 6.58 Å². The first-order chi connectivity index (χ1) is 6.65. The molecular weight excluding hydrogens is 176 g/mol. The van der Waals surface area contributed by atoms with E-state index < -0.39 is 6.10 Å². The predicted molar refractivity (Wildman–Crippen MR) is 57.5 cm³/mol. The Morgan fingerprint density at radius 3 is 2.86 bits per heavy atom. The van der Waals surface area contributed by atoms with Crippen LogP contribution in [0, 0.1) is 6.92 Å². The molecule has 1 aromatic carbocycles. The second kappa shape index (κ2) is 4.82. The van der Waals surface area contributed by atoms with E-state index in [1.807, 2.05) is 25.1 Å². The third kappa shape index (κ3) is 2.60. The number of hydrogen-bond donors (Lipinski definition) is 1. The monoisotopic (exact) mass is 192 g/mol. The molecule has 1 rings (SSSR count). The fraction of sp³-hybridized carbons (Fsp3) is 0.333. The highest BCUT2D eigenvalue weighted by Crippen LogP contribution is 2.26. The van der Waals surface area contributed by atoms with E-state index in [0.717, 1.165) is 16.9 Å². The van der Waals surface area contributed by atoms with Crippen LogP contribution in [-0.4, -0.2) is 11.7 Å². The molecule has 0 heterocycles. The summed E-state index contributed by atoms with van der Waals surface area (Å²) < 4.78 is 5.45. The van der Waals surface area contributed by atoms with E-state index >= 15 is 0 Å². The van der Waals surface area contributed by atoms with Crippen LogP contribution in [0.15, 0.2) is 30.9 Å². The van der Waals surface area contributed by atoms with Crippen molar-refractivity contribution in [3.8, 4) is 5.75 Å². The standard InChI is InChI=1S/C12H16O2/c1-4-7-14-12-8-9(2)5-6-11(12)10(3)13/h4-6,8,10,13H,1,7H2,2-3H3. The zero-order valence-electron chi connectivity index (χ0n) is 8.66. The van der Waals surface area contributed by atoms with E-state index in [0.29, 0.717) is 6.61 Å². The van der Waals surface area contributed by atoms with Gasteiger partial charge in [-0.2, -0.15) is 0 Å². The van der Waals surface area contributed by atoms with Crippen LogP contribution in [0.1, 0.15) is 24.2 Å². The minimum Gasteiger partial charge on any atom is -0.489 e. The summed E-state index contributed by atoms with van der Waals surface area (Å²) in [4.78, 5) is 0. The highest BCUT2D eigenvalue weighted by Gasteiger charge is 2.08. The Bertz CT molecular complexity index is 316. The van der Waals surface area contributed by atoms with E-state index in [9.17, 15) is 5.11 Å². The topological polar surface area (TPSA) is 29.5 Å². The van der Waals surface area contributed by atoms with Gasteiger partial charge in [-0.15, -0.1) is 0 Å². The van der Waals surface area contributed by atoms with Crippen molar-refractivity contribution in [1.82, 2.24) is 0 Å². The number of benzene rings is 1. The third-order valence-electron chi connectivity index (χ3n) is 1.98. The molecule has 0 aliphatic rings. The summed E-state index contributed by atoms with van der Waals surface area (Å²) in [6, 6.07) is 5.77. The maximum absolute atomic E-state index is 9.49. The molecule has 0 radical (unpaired) electrons. The molecule has 0 amide bonds. The van der Waals surface area contributed by atoms with Gasteiger partial charge in [0.2, 0.25) is 0 Å². The Morgan fingerprint density at radius 2 is 2.29 bits per heavy atom. The molecule has 0 saturated heterocycles. The molecule has 0 aliphatic carbocycles. The van der Waals surface area contributed by atoms with E-state index in [-0.39, 0.29) is 0 Å². The van der Waals surface area contributed by atoms with Crippen molar-refractivity contribution >= 4 is 0 Å². The van der Waals surface area contributed by atoms with E-state index in [1.165, 1.54) is 0 Å². The van der Waals surface area contributed by atoms with Crippen molar-refractivity contribution in [3.05, 3.63) is 42.0 Å². The lowest BCUT2D eigenvalue weighted by molar-refractivity contribution is 0.193. The number of hydrogen-bond acceptors (Lipinski definition) is 2. The molecule has 0 spiro atoms. The van der Waals surface area contributed by atoms with Crippen molar-refractivity contribution in [2.45, 2.75) is 20.0 Å². The Morgan fingerprint density at radius 1 is 1.57 bits per heavy atom. The molecule has 0 aliphatic heterocycles. The molecule has 1 unspecified atom stereocenters. The Labute approximate surface area is 84.8 Å². The largest absolute Gasteiger partial charge is 0.489 e. The first-order valence-corrected chi connectivity index (χ1v) is 4.67. The number of aryl methyl sites for hydroxylation is 1. The summed E-state index contributed by atoms with van der Waals surface area (Å²) in [6.07, 6.45) is 1.18. The molecule has 76 valence electrons. The van der Waals surface area contributed by atoms with Gasteiger partial charge >= 0.3 is 0 Å². The summed E-state index contributed by atoms with van der Waals surface area (Å²) in [5.74, 6) is 0.736. The molecule has 1 aromatic rings. The summed E-state index contributed by atoms with van der Waals surface area (Å²) in [7, 11) is 0. The van der Waals surface area contributed by atoms with Crippen LogP contribution in [0.25, 0.3) is 0 Å². The fourth-order valence-corrected chi connectivity index (χ4v) is 1.26. The summed E-state index contributed by atoms with van der Waals surface area (Å²) >= 11 is 0. The minimum absolute atomic E-state index is 0.461. The molecule has 0 saturated carbocycles. The Balaban J connectivity index is 2.96. The molecule has 0 aromatic heterocycles. The first-order valence-electron chi connectivity index (χ1n) is 4.67. The third-order valence-corrected chi connectivity index (χ3v) is 1.98. The van der Waals surface area contributed by atoms with E-state index in [4.69, 9.17) is 4.74 Å². The Kier molecular flexibility index (Phi) is 3.72. The van der Waals surface area contributed by atoms with Crippen LogP contribution in [-0.2, 0) is 0 Å². The quantitative estimate of drug-likeness (QED) is 0.743. The second-order valence-corrected chi connectivity index (χ2v) is 3.32. The van der Waals surface area contributed by atoms with Gasteiger partial charge in [-0.05, 0) is 25.5 Å². The van der Waals surface area contributed by atoms with Crippen molar-refractivity contribution in [1.29, 1.82) is 0 Å². The first kappa shape index (κ1) is 10.8. The fourth-order valence-electron chi connectivity index (χ4n) is 1.26. The smallest absolute Gasteiger partial charge is 0.125 e. The molecule has 14 heavy (non-hydrogen) atoms. The lowest BCUT2D eigenvalue weighted by Gasteiger charge is -2.12. The van der Waals surface area contributed by atoms with Crippen LogP contribution < -0.4 is 4.74 Å². The van der Waals surface area contributed by atoms with Crippen molar-refractivity contribution in [2.24, 2.45) is 0 Å². The normalized spacial score (nSPS) is 12.2. The van der Waals surface area contributed by atoms with Gasteiger partial charge < -0.3 is 9.84 Å². The van der Waals surface area contributed by atoms with Crippen LogP contribution in [0.3, 0.4) is 0 Å². The van der Waals surface area contributed by atoms with Gasteiger partial charge in [0.25, 0.3) is 0 Å². The number of rotatable bonds is 4. The van der Waals surface area contributed by atoms with Gasteiger partial charge in [-0.1, -0.05) is 24.8 Å². The van der Waals surface area contributed by atoms with Gasteiger partial charge in [-0.3, -0.25) is 0 Å². The average Bonchev–Trinajstić information content (AvgIpc) is 2.14. The maximum Gasteiger partial charge on any atom is 0.125 e. The molecule has 1 N–H and O–H groups in total. The lowest BCUT2D eigenvalue weighted by Crippen LogP contribution is -2.00. The van der Waals surface area contributed by atoms with Crippen molar-refractivity contribution < 1.29 is 9.84 Å². The number of aliphatic hydroxyl groups is 1. The van der Waals surface area contributed by atoms with E-state index in [1.54, 1.807) is 13.0 Å².